The van der Waals surface area contributed by atoms with Crippen molar-refractivity contribution < 1.29 is 19.0 Å². The van der Waals surface area contributed by atoms with Crippen LogP contribution in [-0.2, 0) is 4.74 Å². The molecule has 4 aromatic rings. The summed E-state index contributed by atoms with van der Waals surface area (Å²) in [6.07, 6.45) is 3.40. The number of amides is 1. The number of methoxy groups -OCH3 is 3. The van der Waals surface area contributed by atoms with Gasteiger partial charge >= 0.3 is 0 Å². The number of nitrogens with one attached hydrogen (secondary N) is 2. The van der Waals surface area contributed by atoms with Gasteiger partial charge in [-0.05, 0) is 30.3 Å². The zero-order valence-corrected chi connectivity index (χ0v) is 18.4. The van der Waals surface area contributed by atoms with Gasteiger partial charge in [0.1, 0.15) is 11.5 Å². The third-order valence-electron chi connectivity index (χ3n) is 4.68. The van der Waals surface area contributed by atoms with E-state index in [1.165, 1.54) is 7.11 Å². The quantitative estimate of drug-likeness (QED) is 0.370. The predicted octanol–water partition coefficient (Wildman–Crippen LogP) is 2.32. The lowest BCUT2D eigenvalue weighted by atomic mass is 10.2. The van der Waals surface area contributed by atoms with Crippen LogP contribution in [-0.4, -0.2) is 65.0 Å². The number of anilines is 2. The van der Waals surface area contributed by atoms with Crippen LogP contribution in [0.4, 0.5) is 11.6 Å². The number of rotatable bonds is 9. The first-order chi connectivity index (χ1) is 16.1. The van der Waals surface area contributed by atoms with Gasteiger partial charge in [0.2, 0.25) is 0 Å². The Labute approximate surface area is 189 Å². The number of hydrogen-bond acceptors (Lipinski definition) is 9. The molecule has 0 atom stereocenters. The molecule has 0 saturated heterocycles. The smallest absolute Gasteiger partial charge is 0.270 e. The number of pyridine rings is 2. The lowest BCUT2D eigenvalue weighted by molar-refractivity contribution is 0.0932. The van der Waals surface area contributed by atoms with Crippen molar-refractivity contribution in [3.05, 3.63) is 54.5 Å². The molecule has 0 radical (unpaired) electrons. The minimum absolute atomic E-state index is 0.277. The first-order valence-corrected chi connectivity index (χ1v) is 10.1. The summed E-state index contributed by atoms with van der Waals surface area (Å²) in [5.74, 6) is 1.66. The second-order valence-electron chi connectivity index (χ2n) is 6.86. The third-order valence-corrected chi connectivity index (χ3v) is 4.68. The lowest BCUT2D eigenvalue weighted by Gasteiger charge is -2.08. The van der Waals surface area contributed by atoms with Crippen molar-refractivity contribution >= 4 is 23.2 Å². The van der Waals surface area contributed by atoms with E-state index < -0.39 is 0 Å². The molecular weight excluding hydrogens is 426 g/mol. The van der Waals surface area contributed by atoms with Crippen molar-refractivity contribution in [3.63, 3.8) is 0 Å². The highest BCUT2D eigenvalue weighted by Crippen LogP contribution is 2.29. The molecule has 170 valence electrons. The SMILES string of the molecule is COCCNC(=O)c1cccc(Nc2cn3nc(-c4cnc(OC)c(OC)c4)ccc3n2)n1. The van der Waals surface area contributed by atoms with Crippen molar-refractivity contribution in [1.29, 1.82) is 0 Å². The summed E-state index contributed by atoms with van der Waals surface area (Å²) in [5.41, 5.74) is 2.39. The van der Waals surface area contributed by atoms with Crippen LogP contribution < -0.4 is 20.1 Å². The Balaban J connectivity index is 1.54. The fourth-order valence-corrected chi connectivity index (χ4v) is 3.09. The van der Waals surface area contributed by atoms with Gasteiger partial charge in [-0.1, -0.05) is 6.07 Å². The van der Waals surface area contributed by atoms with Gasteiger partial charge in [-0.25, -0.2) is 19.5 Å². The molecule has 0 unspecified atom stereocenters. The number of imidazole rings is 1. The second kappa shape index (κ2) is 9.92. The van der Waals surface area contributed by atoms with Gasteiger partial charge in [0, 0.05) is 25.4 Å². The zero-order chi connectivity index (χ0) is 23.2. The molecule has 2 N–H and O–H groups in total. The van der Waals surface area contributed by atoms with Gasteiger partial charge in [-0.2, -0.15) is 5.10 Å². The molecule has 0 aliphatic heterocycles. The van der Waals surface area contributed by atoms with Crippen LogP contribution in [0.2, 0.25) is 0 Å². The first kappa shape index (κ1) is 22.0. The van der Waals surface area contributed by atoms with E-state index in [-0.39, 0.29) is 5.91 Å². The molecule has 4 rings (SSSR count). The zero-order valence-electron chi connectivity index (χ0n) is 18.4. The van der Waals surface area contributed by atoms with Gasteiger partial charge in [0.05, 0.1) is 32.7 Å². The molecule has 0 spiro atoms. The molecule has 33 heavy (non-hydrogen) atoms. The lowest BCUT2D eigenvalue weighted by Crippen LogP contribution is -2.27. The summed E-state index contributed by atoms with van der Waals surface area (Å²) in [4.78, 5) is 25.3. The molecule has 0 fully saturated rings. The average Bonchev–Trinajstić information content (AvgIpc) is 3.25. The standard InChI is InChI=1S/C22H23N7O4/c1-31-10-9-23-21(30)16-5-4-6-18(25-16)26-19-13-29-20(27-19)8-7-15(28-29)14-11-17(32-2)22(33-3)24-12-14/h4-8,11-13H,9-10H2,1-3H3,(H,23,30)(H,25,26). The molecule has 0 bridgehead atoms. The minimum Gasteiger partial charge on any atom is -0.491 e. The van der Waals surface area contributed by atoms with Crippen molar-refractivity contribution in [2.24, 2.45) is 0 Å². The molecule has 0 aromatic carbocycles. The van der Waals surface area contributed by atoms with E-state index in [9.17, 15) is 4.79 Å². The molecule has 11 heteroatoms. The largest absolute Gasteiger partial charge is 0.491 e. The minimum atomic E-state index is -0.277. The third kappa shape index (κ3) is 4.99. The van der Waals surface area contributed by atoms with E-state index >= 15 is 0 Å². The van der Waals surface area contributed by atoms with Crippen LogP contribution in [0.1, 0.15) is 10.5 Å². The van der Waals surface area contributed by atoms with Crippen molar-refractivity contribution in [1.82, 2.24) is 29.9 Å². The van der Waals surface area contributed by atoms with Gasteiger partial charge < -0.3 is 24.8 Å². The summed E-state index contributed by atoms with van der Waals surface area (Å²) >= 11 is 0. The Hall–Kier alpha value is -4.25. The van der Waals surface area contributed by atoms with E-state index in [1.807, 2.05) is 18.2 Å². The highest BCUT2D eigenvalue weighted by molar-refractivity contribution is 5.92. The molecule has 11 nitrogen and oxygen atoms in total. The van der Waals surface area contributed by atoms with Gasteiger partial charge in [-0.15, -0.1) is 0 Å². The number of fused-ring (bicyclic) bond motifs is 1. The molecule has 0 saturated carbocycles. The van der Waals surface area contributed by atoms with E-state index in [1.54, 1.807) is 49.3 Å². The number of carbonyl (C=O) groups is 1. The topological polar surface area (TPSA) is 125 Å². The fraction of sp³-hybridized carbons (Fsp3) is 0.227. The molecule has 1 amide bonds. The van der Waals surface area contributed by atoms with E-state index in [0.29, 0.717) is 53.5 Å². The maximum absolute atomic E-state index is 12.2. The molecule has 0 aliphatic rings. The van der Waals surface area contributed by atoms with Crippen LogP contribution in [0.5, 0.6) is 11.6 Å². The summed E-state index contributed by atoms with van der Waals surface area (Å²) in [7, 11) is 4.67. The van der Waals surface area contributed by atoms with Crippen molar-refractivity contribution in [3.8, 4) is 22.9 Å². The van der Waals surface area contributed by atoms with Crippen molar-refractivity contribution in [2.75, 3.05) is 39.8 Å². The van der Waals surface area contributed by atoms with Gasteiger partial charge in [0.25, 0.3) is 11.8 Å². The number of aromatic nitrogens is 5. The van der Waals surface area contributed by atoms with Crippen LogP contribution in [0.3, 0.4) is 0 Å². The maximum atomic E-state index is 12.2. The van der Waals surface area contributed by atoms with E-state index in [2.05, 4.69) is 30.7 Å². The first-order valence-electron chi connectivity index (χ1n) is 10.1. The van der Waals surface area contributed by atoms with Crippen LogP contribution in [0, 0.1) is 0 Å². The predicted molar refractivity (Wildman–Crippen MR) is 121 cm³/mol. The normalized spacial score (nSPS) is 10.8. The number of hydrogen-bond donors (Lipinski definition) is 2. The van der Waals surface area contributed by atoms with Gasteiger partial charge in [-0.3, -0.25) is 4.79 Å². The van der Waals surface area contributed by atoms with E-state index in [4.69, 9.17) is 14.2 Å². The summed E-state index contributed by atoms with van der Waals surface area (Å²) < 4.78 is 17.1. The maximum Gasteiger partial charge on any atom is 0.270 e. The Morgan fingerprint density at radius 2 is 1.94 bits per heavy atom. The molecule has 0 aliphatic carbocycles. The highest BCUT2D eigenvalue weighted by atomic mass is 16.5. The Kier molecular flexibility index (Phi) is 6.60. The average molecular weight is 449 g/mol. The van der Waals surface area contributed by atoms with Crippen LogP contribution >= 0.6 is 0 Å². The summed E-state index contributed by atoms with van der Waals surface area (Å²) in [6, 6.07) is 10.6. The Morgan fingerprint density at radius 1 is 1.06 bits per heavy atom. The van der Waals surface area contributed by atoms with Gasteiger partial charge in [0.15, 0.2) is 17.2 Å². The number of ether oxygens (including phenoxy) is 3. The Morgan fingerprint density at radius 3 is 2.73 bits per heavy atom. The highest BCUT2D eigenvalue weighted by Gasteiger charge is 2.12. The number of nitrogens with zero attached hydrogens (tertiary/aromatic N) is 5. The second-order valence-corrected chi connectivity index (χ2v) is 6.86. The monoisotopic (exact) mass is 449 g/mol. The molecular formula is C22H23N7O4. The van der Waals surface area contributed by atoms with Crippen LogP contribution in [0.15, 0.2) is 48.8 Å². The van der Waals surface area contributed by atoms with Crippen molar-refractivity contribution in [2.45, 2.75) is 0 Å². The summed E-state index contributed by atoms with van der Waals surface area (Å²) in [5, 5.41) is 10.5. The van der Waals surface area contributed by atoms with E-state index in [0.717, 1.165) is 5.56 Å². The Bertz CT molecular complexity index is 1270. The molecule has 4 aromatic heterocycles. The molecule has 4 heterocycles. The summed E-state index contributed by atoms with van der Waals surface area (Å²) in [6.45, 7) is 0.837. The fourth-order valence-electron chi connectivity index (χ4n) is 3.09. The number of carbonyl (C=O) groups excluding carboxylic acids is 1. The van der Waals surface area contributed by atoms with Crippen LogP contribution in [0.25, 0.3) is 16.9 Å².